The van der Waals surface area contributed by atoms with E-state index in [0.29, 0.717) is 23.2 Å². The Balaban J connectivity index is 1.42. The van der Waals surface area contributed by atoms with E-state index < -0.39 is 11.8 Å². The van der Waals surface area contributed by atoms with Crippen molar-refractivity contribution in [3.8, 4) is 0 Å². The fourth-order valence-electron chi connectivity index (χ4n) is 2.85. The van der Waals surface area contributed by atoms with Crippen molar-refractivity contribution < 1.29 is 9.59 Å². The van der Waals surface area contributed by atoms with Crippen LogP contribution in [0, 0.1) is 5.92 Å². The normalized spacial score (nSPS) is 14.7. The lowest BCUT2D eigenvalue weighted by molar-refractivity contribution is -0.136. The molecule has 0 unspecified atom stereocenters. The van der Waals surface area contributed by atoms with Crippen LogP contribution in [-0.2, 0) is 9.59 Å². The third kappa shape index (κ3) is 4.70. The van der Waals surface area contributed by atoms with Crippen molar-refractivity contribution in [1.82, 2.24) is 15.3 Å². The molecule has 1 aliphatic heterocycles. The quantitative estimate of drug-likeness (QED) is 0.801. The van der Waals surface area contributed by atoms with Gasteiger partial charge in [-0.1, -0.05) is 23.7 Å². The van der Waals surface area contributed by atoms with Gasteiger partial charge in [0, 0.05) is 32.0 Å². The minimum absolute atomic E-state index is 0.326. The van der Waals surface area contributed by atoms with Gasteiger partial charge >= 0.3 is 11.8 Å². The molecule has 0 atom stereocenters. The van der Waals surface area contributed by atoms with E-state index in [1.165, 1.54) is 0 Å². The van der Waals surface area contributed by atoms with E-state index in [-0.39, 0.29) is 0 Å². The zero-order valence-corrected chi connectivity index (χ0v) is 14.9. The summed E-state index contributed by atoms with van der Waals surface area (Å²) in [6.45, 7) is 2.13. The summed E-state index contributed by atoms with van der Waals surface area (Å²) < 4.78 is 0. The molecule has 1 fully saturated rings. The Morgan fingerprint density at radius 2 is 1.77 bits per heavy atom. The second-order valence-corrected chi connectivity index (χ2v) is 6.53. The summed E-state index contributed by atoms with van der Waals surface area (Å²) in [4.78, 5) is 34.6. The minimum atomic E-state index is -0.715. The second-order valence-electron chi connectivity index (χ2n) is 6.12. The lowest BCUT2D eigenvalue weighted by atomic mass is 9.97. The van der Waals surface area contributed by atoms with Gasteiger partial charge in [0.05, 0.1) is 10.7 Å². The number of hydrogen-bond donors (Lipinski definition) is 2. The number of carbonyl (C=O) groups excluding carboxylic acids is 2. The van der Waals surface area contributed by atoms with Gasteiger partial charge in [-0.05, 0) is 37.0 Å². The van der Waals surface area contributed by atoms with Crippen molar-refractivity contribution in [2.24, 2.45) is 5.92 Å². The van der Waals surface area contributed by atoms with Gasteiger partial charge in [-0.3, -0.25) is 9.59 Å². The van der Waals surface area contributed by atoms with Gasteiger partial charge in [0.15, 0.2) is 0 Å². The molecule has 7 nitrogen and oxygen atoms in total. The number of aromatic nitrogens is 2. The Labute approximate surface area is 156 Å². The highest BCUT2D eigenvalue weighted by Crippen LogP contribution is 2.21. The molecule has 2 heterocycles. The molecule has 0 aliphatic carbocycles. The molecule has 2 aromatic rings. The summed E-state index contributed by atoms with van der Waals surface area (Å²) in [6, 6.07) is 8.59. The first-order chi connectivity index (χ1) is 12.6. The van der Waals surface area contributed by atoms with Crippen molar-refractivity contribution in [3.63, 3.8) is 0 Å². The predicted molar refractivity (Wildman–Crippen MR) is 100 cm³/mol. The molecule has 1 aromatic heterocycles. The maximum absolute atomic E-state index is 12.0. The number of benzene rings is 1. The summed E-state index contributed by atoms with van der Waals surface area (Å²) in [5, 5.41) is 5.61. The highest BCUT2D eigenvalue weighted by atomic mass is 35.5. The SMILES string of the molecule is O=C(NCC1CCN(c2ncccn2)CC1)C(=O)Nc1ccccc1Cl. The second kappa shape index (κ2) is 8.62. The van der Waals surface area contributed by atoms with Crippen LogP contribution in [0.15, 0.2) is 42.7 Å². The van der Waals surface area contributed by atoms with Gasteiger partial charge in [-0.15, -0.1) is 0 Å². The van der Waals surface area contributed by atoms with Gasteiger partial charge < -0.3 is 15.5 Å². The molecule has 3 rings (SSSR count). The van der Waals surface area contributed by atoms with Gasteiger partial charge in [0.25, 0.3) is 0 Å². The van der Waals surface area contributed by atoms with E-state index in [9.17, 15) is 9.59 Å². The Kier molecular flexibility index (Phi) is 6.01. The molecular formula is C18H20ClN5O2. The molecule has 1 saturated heterocycles. The van der Waals surface area contributed by atoms with Gasteiger partial charge in [-0.25, -0.2) is 9.97 Å². The minimum Gasteiger partial charge on any atom is -0.348 e. The standard InChI is InChI=1S/C18H20ClN5O2/c19-14-4-1-2-5-15(14)23-17(26)16(25)22-12-13-6-10-24(11-7-13)18-20-8-3-9-21-18/h1-5,8-9,13H,6-7,10-12H2,(H,22,25)(H,23,26). The molecule has 0 spiro atoms. The van der Waals surface area contributed by atoms with Crippen LogP contribution in [0.4, 0.5) is 11.6 Å². The largest absolute Gasteiger partial charge is 0.348 e. The molecule has 1 aliphatic rings. The number of carbonyl (C=O) groups is 2. The number of rotatable bonds is 4. The first kappa shape index (κ1) is 18.1. The lowest BCUT2D eigenvalue weighted by Gasteiger charge is -2.31. The number of nitrogens with zero attached hydrogens (tertiary/aromatic N) is 3. The summed E-state index contributed by atoms with van der Waals surface area (Å²) in [7, 11) is 0. The monoisotopic (exact) mass is 373 g/mol. The van der Waals surface area contributed by atoms with Crippen LogP contribution in [0.5, 0.6) is 0 Å². The number of piperidine rings is 1. The maximum atomic E-state index is 12.0. The van der Waals surface area contributed by atoms with Gasteiger partial charge in [-0.2, -0.15) is 0 Å². The molecule has 26 heavy (non-hydrogen) atoms. The molecule has 136 valence electrons. The van der Waals surface area contributed by atoms with E-state index >= 15 is 0 Å². The predicted octanol–water partition coefficient (Wildman–Crippen LogP) is 2.10. The van der Waals surface area contributed by atoms with Gasteiger partial charge in [0.1, 0.15) is 0 Å². The number of halogens is 1. The fourth-order valence-corrected chi connectivity index (χ4v) is 3.03. The topological polar surface area (TPSA) is 87.2 Å². The third-order valence-corrected chi connectivity index (χ3v) is 4.66. The number of amides is 2. The van der Waals surface area contributed by atoms with Crippen molar-refractivity contribution in [2.45, 2.75) is 12.8 Å². The smallest absolute Gasteiger partial charge is 0.313 e. The molecular weight excluding hydrogens is 354 g/mol. The Morgan fingerprint density at radius 1 is 1.08 bits per heavy atom. The highest BCUT2D eigenvalue weighted by molar-refractivity contribution is 6.41. The summed E-state index contributed by atoms with van der Waals surface area (Å²) >= 11 is 5.97. The molecule has 0 saturated carbocycles. The first-order valence-corrected chi connectivity index (χ1v) is 8.87. The maximum Gasteiger partial charge on any atom is 0.313 e. The van der Waals surface area contributed by atoms with Crippen LogP contribution >= 0.6 is 11.6 Å². The zero-order valence-electron chi connectivity index (χ0n) is 14.2. The Morgan fingerprint density at radius 3 is 2.46 bits per heavy atom. The average molecular weight is 374 g/mol. The average Bonchev–Trinajstić information content (AvgIpc) is 2.69. The number of anilines is 2. The van der Waals surface area contributed by atoms with E-state index in [0.717, 1.165) is 31.9 Å². The van der Waals surface area contributed by atoms with E-state index in [4.69, 9.17) is 11.6 Å². The van der Waals surface area contributed by atoms with Crippen LogP contribution < -0.4 is 15.5 Å². The van der Waals surface area contributed by atoms with Crippen LogP contribution in [-0.4, -0.2) is 41.4 Å². The van der Waals surface area contributed by atoms with Crippen LogP contribution in [0.25, 0.3) is 0 Å². The van der Waals surface area contributed by atoms with Crippen molar-refractivity contribution in [1.29, 1.82) is 0 Å². The van der Waals surface area contributed by atoms with Crippen molar-refractivity contribution >= 4 is 35.1 Å². The summed E-state index contributed by atoms with van der Waals surface area (Å²) in [5.41, 5.74) is 0.422. The number of para-hydroxylation sites is 1. The Bertz CT molecular complexity index is 763. The molecule has 8 heteroatoms. The lowest BCUT2D eigenvalue weighted by Crippen LogP contribution is -2.42. The van der Waals surface area contributed by atoms with E-state index in [2.05, 4.69) is 25.5 Å². The van der Waals surface area contributed by atoms with E-state index in [1.54, 1.807) is 42.7 Å². The first-order valence-electron chi connectivity index (χ1n) is 8.49. The molecule has 1 aromatic carbocycles. The van der Waals surface area contributed by atoms with Crippen LogP contribution in [0.2, 0.25) is 5.02 Å². The van der Waals surface area contributed by atoms with Crippen LogP contribution in [0.1, 0.15) is 12.8 Å². The third-order valence-electron chi connectivity index (χ3n) is 4.33. The number of nitrogens with one attached hydrogen (secondary N) is 2. The molecule has 0 radical (unpaired) electrons. The summed E-state index contributed by atoms with van der Waals surface area (Å²) in [5.74, 6) is -0.312. The molecule has 0 bridgehead atoms. The number of hydrogen-bond acceptors (Lipinski definition) is 5. The Hall–Kier alpha value is -2.67. The van der Waals surface area contributed by atoms with Gasteiger partial charge in [0.2, 0.25) is 5.95 Å². The van der Waals surface area contributed by atoms with Crippen molar-refractivity contribution in [2.75, 3.05) is 29.9 Å². The van der Waals surface area contributed by atoms with Crippen LogP contribution in [0.3, 0.4) is 0 Å². The highest BCUT2D eigenvalue weighted by Gasteiger charge is 2.22. The molecule has 2 N–H and O–H groups in total. The zero-order chi connectivity index (χ0) is 18.4. The van der Waals surface area contributed by atoms with Crippen molar-refractivity contribution in [3.05, 3.63) is 47.7 Å². The fraction of sp³-hybridized carbons (Fsp3) is 0.333. The summed E-state index contributed by atoms with van der Waals surface area (Å²) in [6.07, 6.45) is 5.27. The molecule has 2 amide bonds. The van der Waals surface area contributed by atoms with E-state index in [1.807, 2.05) is 0 Å².